The van der Waals surface area contributed by atoms with Crippen LogP contribution in [0.15, 0.2) is 60.7 Å². The van der Waals surface area contributed by atoms with E-state index in [0.29, 0.717) is 0 Å². The Hall–Kier alpha value is -3.32. The Labute approximate surface area is 145 Å². The maximum atomic E-state index is 3.08. The molecule has 114 valence electrons. The molecule has 0 heterocycles. The van der Waals surface area contributed by atoms with Crippen LogP contribution in [-0.4, -0.2) is 0 Å². The van der Waals surface area contributed by atoms with Crippen LogP contribution in [0.2, 0.25) is 0 Å². The first-order valence-electron chi connectivity index (χ1n) is 8.03. The van der Waals surface area contributed by atoms with Gasteiger partial charge in [-0.2, -0.15) is 0 Å². The largest absolute Gasteiger partial charge is 0.0891 e. The molecule has 0 spiro atoms. The van der Waals surface area contributed by atoms with Gasteiger partial charge in [-0.1, -0.05) is 60.1 Å². The van der Waals surface area contributed by atoms with E-state index in [9.17, 15) is 0 Å². The highest BCUT2D eigenvalue weighted by atomic mass is 13.9. The molecule has 0 saturated carbocycles. The average molecular weight is 306 g/mol. The van der Waals surface area contributed by atoms with Crippen molar-refractivity contribution in [3.05, 3.63) is 71.8 Å². The first-order chi connectivity index (χ1) is 11.9. The summed E-state index contributed by atoms with van der Waals surface area (Å²) >= 11 is 0. The van der Waals surface area contributed by atoms with Crippen molar-refractivity contribution in [2.45, 2.75) is 25.7 Å². The minimum absolute atomic E-state index is 0.862. The van der Waals surface area contributed by atoms with Crippen LogP contribution >= 0.6 is 0 Å². The van der Waals surface area contributed by atoms with Gasteiger partial charge in [0.05, 0.1) is 0 Å². The molecular weight excluding hydrogens is 288 g/mol. The second-order valence-corrected chi connectivity index (χ2v) is 5.04. The predicted octanol–water partition coefficient (Wildman–Crippen LogP) is 4.66. The predicted molar refractivity (Wildman–Crippen MR) is 101 cm³/mol. The SMILES string of the molecule is C(C#Cc1ccccc1)#CCCCCC#CC#Cc1ccccc1. The standard InChI is InChI=1S/C24H18/c1(3-5-7-11-17-23-19-13-9-14-20-23)2-4-6-8-12-18-24-21-15-10-16-22-24/h9-10,13-16,19-22H,1-4H2. The molecule has 0 unspecified atom stereocenters. The Kier molecular flexibility index (Phi) is 8.00. The lowest BCUT2D eigenvalue weighted by Gasteiger charge is -1.87. The van der Waals surface area contributed by atoms with Crippen LogP contribution in [0.5, 0.6) is 0 Å². The van der Waals surface area contributed by atoms with E-state index in [1.165, 1.54) is 0 Å². The molecule has 0 bridgehead atoms. The normalized spacial score (nSPS) is 8.17. The highest BCUT2D eigenvalue weighted by Gasteiger charge is 1.83. The number of unbranched alkanes of at least 4 members (excludes halogenated alkanes) is 3. The first kappa shape index (κ1) is 17.0. The van der Waals surface area contributed by atoms with Gasteiger partial charge in [-0.05, 0) is 60.8 Å². The van der Waals surface area contributed by atoms with E-state index in [2.05, 4.69) is 47.4 Å². The van der Waals surface area contributed by atoms with Crippen molar-refractivity contribution in [2.75, 3.05) is 0 Å². The van der Waals surface area contributed by atoms with E-state index in [-0.39, 0.29) is 0 Å². The van der Waals surface area contributed by atoms with Crippen LogP contribution in [0.1, 0.15) is 36.8 Å². The second-order valence-electron chi connectivity index (χ2n) is 5.04. The molecule has 2 aromatic rings. The van der Waals surface area contributed by atoms with Crippen LogP contribution in [-0.2, 0) is 0 Å². The lowest BCUT2D eigenvalue weighted by molar-refractivity contribution is 0.782. The molecular formula is C24H18. The summed E-state index contributed by atoms with van der Waals surface area (Å²) in [4.78, 5) is 0. The Morgan fingerprint density at radius 2 is 0.917 bits per heavy atom. The third kappa shape index (κ3) is 7.62. The molecule has 0 N–H and O–H groups in total. The van der Waals surface area contributed by atoms with E-state index < -0.39 is 0 Å². The highest BCUT2D eigenvalue weighted by molar-refractivity contribution is 5.40. The monoisotopic (exact) mass is 306 g/mol. The van der Waals surface area contributed by atoms with Gasteiger partial charge in [0, 0.05) is 24.0 Å². The average Bonchev–Trinajstić information content (AvgIpc) is 2.64. The fourth-order valence-electron chi connectivity index (χ4n) is 1.89. The maximum Gasteiger partial charge on any atom is 0.0255 e. The Morgan fingerprint density at radius 3 is 1.33 bits per heavy atom. The lowest BCUT2D eigenvalue weighted by Crippen LogP contribution is -1.73. The van der Waals surface area contributed by atoms with Gasteiger partial charge in [0.1, 0.15) is 0 Å². The summed E-state index contributed by atoms with van der Waals surface area (Å²) in [6, 6.07) is 19.8. The lowest BCUT2D eigenvalue weighted by atomic mass is 10.2. The van der Waals surface area contributed by atoms with E-state index in [1.54, 1.807) is 0 Å². The molecule has 0 atom stereocenters. The summed E-state index contributed by atoms with van der Waals surface area (Å²) < 4.78 is 0. The van der Waals surface area contributed by atoms with E-state index >= 15 is 0 Å². The van der Waals surface area contributed by atoms with Gasteiger partial charge in [-0.25, -0.2) is 0 Å². The smallest absolute Gasteiger partial charge is 0.0255 e. The van der Waals surface area contributed by atoms with Crippen LogP contribution in [0.25, 0.3) is 0 Å². The van der Waals surface area contributed by atoms with E-state index in [1.807, 2.05) is 60.7 Å². The van der Waals surface area contributed by atoms with Gasteiger partial charge >= 0.3 is 0 Å². The highest BCUT2D eigenvalue weighted by Crippen LogP contribution is 1.98. The fourth-order valence-corrected chi connectivity index (χ4v) is 1.89. The van der Waals surface area contributed by atoms with E-state index in [4.69, 9.17) is 0 Å². The summed E-state index contributed by atoms with van der Waals surface area (Å²) in [5.74, 6) is 23.7. The third-order valence-electron chi connectivity index (χ3n) is 3.12. The fraction of sp³-hybridized carbons (Fsp3) is 0.167. The molecule has 0 amide bonds. The molecule has 0 nitrogen and oxygen atoms in total. The zero-order valence-electron chi connectivity index (χ0n) is 13.6. The van der Waals surface area contributed by atoms with Crippen LogP contribution in [0, 0.1) is 47.4 Å². The molecule has 0 aliphatic rings. The van der Waals surface area contributed by atoms with Crippen LogP contribution in [0.3, 0.4) is 0 Å². The Morgan fingerprint density at radius 1 is 0.500 bits per heavy atom. The second kappa shape index (κ2) is 11.3. The minimum atomic E-state index is 0.862. The number of benzene rings is 2. The van der Waals surface area contributed by atoms with Gasteiger partial charge in [0.15, 0.2) is 0 Å². The van der Waals surface area contributed by atoms with Gasteiger partial charge < -0.3 is 0 Å². The molecule has 2 rings (SSSR count). The van der Waals surface area contributed by atoms with Crippen molar-refractivity contribution >= 4 is 0 Å². The first-order valence-corrected chi connectivity index (χ1v) is 8.03. The van der Waals surface area contributed by atoms with Crippen molar-refractivity contribution in [3.63, 3.8) is 0 Å². The number of hydrogen-bond acceptors (Lipinski definition) is 0. The molecule has 0 fully saturated rings. The summed E-state index contributed by atoms with van der Waals surface area (Å²) in [7, 11) is 0. The molecule has 24 heavy (non-hydrogen) atoms. The zero-order valence-corrected chi connectivity index (χ0v) is 13.6. The summed E-state index contributed by atoms with van der Waals surface area (Å²) in [5.41, 5.74) is 2.00. The molecule has 2 aromatic carbocycles. The summed E-state index contributed by atoms with van der Waals surface area (Å²) in [6.45, 7) is 0. The minimum Gasteiger partial charge on any atom is -0.0891 e. The van der Waals surface area contributed by atoms with Crippen molar-refractivity contribution in [1.82, 2.24) is 0 Å². The van der Waals surface area contributed by atoms with Gasteiger partial charge in [0.25, 0.3) is 0 Å². The van der Waals surface area contributed by atoms with Crippen molar-refractivity contribution in [2.24, 2.45) is 0 Å². The molecule has 0 aromatic heterocycles. The topological polar surface area (TPSA) is 0 Å². The zero-order chi connectivity index (χ0) is 16.7. The maximum absolute atomic E-state index is 3.08. The Bertz CT molecular complexity index is 781. The summed E-state index contributed by atoms with van der Waals surface area (Å²) in [6.07, 6.45) is 3.81. The van der Waals surface area contributed by atoms with Crippen LogP contribution in [0.4, 0.5) is 0 Å². The molecule has 0 saturated heterocycles. The Balaban J connectivity index is 1.60. The van der Waals surface area contributed by atoms with Crippen LogP contribution < -0.4 is 0 Å². The third-order valence-corrected chi connectivity index (χ3v) is 3.12. The summed E-state index contributed by atoms with van der Waals surface area (Å²) in [5, 5.41) is 0. The van der Waals surface area contributed by atoms with Crippen molar-refractivity contribution < 1.29 is 0 Å². The van der Waals surface area contributed by atoms with Gasteiger partial charge in [0.2, 0.25) is 0 Å². The van der Waals surface area contributed by atoms with Gasteiger partial charge in [-0.3, -0.25) is 0 Å². The van der Waals surface area contributed by atoms with Crippen molar-refractivity contribution in [3.8, 4) is 47.4 Å². The molecule has 0 aliphatic carbocycles. The quantitative estimate of drug-likeness (QED) is 0.571. The number of rotatable bonds is 3. The molecule has 0 aliphatic heterocycles. The van der Waals surface area contributed by atoms with Crippen molar-refractivity contribution in [1.29, 1.82) is 0 Å². The number of hydrogen-bond donors (Lipinski definition) is 0. The van der Waals surface area contributed by atoms with E-state index in [0.717, 1.165) is 36.8 Å². The molecule has 0 radical (unpaired) electrons. The molecule has 0 heteroatoms. The van der Waals surface area contributed by atoms with Gasteiger partial charge in [-0.15, -0.1) is 0 Å².